The third-order valence-electron chi connectivity index (χ3n) is 2.65. The highest BCUT2D eigenvalue weighted by Crippen LogP contribution is 2.32. The van der Waals surface area contributed by atoms with Gasteiger partial charge in [-0.05, 0) is 40.2 Å². The number of carbonyl (C=O) groups is 1. The fourth-order valence-corrected chi connectivity index (χ4v) is 2.31. The molecule has 0 aromatic heterocycles. The zero-order chi connectivity index (χ0) is 15.6. The lowest BCUT2D eigenvalue weighted by Crippen LogP contribution is -1.98. The second-order valence-corrected chi connectivity index (χ2v) is 5.31. The summed E-state index contributed by atoms with van der Waals surface area (Å²) in [5, 5.41) is 22.7. The molecule has 21 heavy (non-hydrogen) atoms. The van der Waals surface area contributed by atoms with Crippen LogP contribution in [0, 0.1) is 10.1 Å². The number of aromatic carboxylic acids is 1. The molecule has 0 amide bonds. The lowest BCUT2D eigenvalue weighted by Gasteiger charge is -2.10. The number of nitro groups is 1. The van der Waals surface area contributed by atoms with Gasteiger partial charge in [-0.2, -0.15) is 0 Å². The highest BCUT2D eigenvalue weighted by atomic mass is 79.9. The van der Waals surface area contributed by atoms with Crippen LogP contribution in [0.15, 0.2) is 40.9 Å². The molecule has 0 fully saturated rings. The molecule has 0 atom stereocenters. The lowest BCUT2D eigenvalue weighted by molar-refractivity contribution is -0.384. The van der Waals surface area contributed by atoms with Crippen LogP contribution in [0.5, 0.6) is 0 Å². The monoisotopic (exact) mass is 370 g/mol. The van der Waals surface area contributed by atoms with Crippen LogP contribution in [0.2, 0.25) is 5.02 Å². The molecule has 2 aromatic carbocycles. The van der Waals surface area contributed by atoms with Gasteiger partial charge in [-0.25, -0.2) is 4.79 Å². The quantitative estimate of drug-likeness (QED) is 0.612. The second kappa shape index (κ2) is 6.11. The van der Waals surface area contributed by atoms with Gasteiger partial charge in [-0.1, -0.05) is 11.6 Å². The lowest BCUT2D eigenvalue weighted by atomic mass is 10.2. The minimum absolute atomic E-state index is 0.0419. The smallest absolute Gasteiger partial charge is 0.335 e. The topological polar surface area (TPSA) is 92.5 Å². The number of nitrogens with one attached hydrogen (secondary N) is 1. The summed E-state index contributed by atoms with van der Waals surface area (Å²) >= 11 is 9.24. The first-order chi connectivity index (χ1) is 9.88. The third-order valence-corrected chi connectivity index (χ3v) is 3.62. The zero-order valence-corrected chi connectivity index (χ0v) is 12.7. The van der Waals surface area contributed by atoms with Crippen LogP contribution >= 0.6 is 27.5 Å². The molecule has 0 spiro atoms. The van der Waals surface area contributed by atoms with E-state index in [9.17, 15) is 14.9 Å². The number of nitro benzene ring substituents is 1. The Hall–Kier alpha value is -2.12. The molecule has 0 saturated carbocycles. The Morgan fingerprint density at radius 2 is 1.90 bits per heavy atom. The van der Waals surface area contributed by atoms with Gasteiger partial charge in [0.25, 0.3) is 5.69 Å². The SMILES string of the molecule is O=C(O)c1ccc(Nc2ccc([N+](=O)[O-])cc2Br)c(Cl)c1. The molecule has 2 rings (SSSR count). The molecule has 0 radical (unpaired) electrons. The first-order valence-electron chi connectivity index (χ1n) is 5.62. The van der Waals surface area contributed by atoms with Crippen LogP contribution in [-0.4, -0.2) is 16.0 Å². The standard InChI is InChI=1S/C13H8BrClN2O4/c14-9-6-8(17(20)21)2-4-11(9)16-12-3-1-7(13(18)19)5-10(12)15/h1-6,16H,(H,18,19). The first kappa shape index (κ1) is 15.3. The number of rotatable bonds is 4. The van der Waals surface area contributed by atoms with Gasteiger partial charge in [-0.15, -0.1) is 0 Å². The molecule has 108 valence electrons. The number of nitrogens with zero attached hydrogens (tertiary/aromatic N) is 1. The normalized spacial score (nSPS) is 10.2. The molecule has 0 unspecified atom stereocenters. The summed E-state index contributed by atoms with van der Waals surface area (Å²) < 4.78 is 0.495. The molecule has 0 aliphatic rings. The van der Waals surface area contributed by atoms with Gasteiger partial charge in [0.05, 0.1) is 26.9 Å². The van der Waals surface area contributed by atoms with Gasteiger partial charge in [0.2, 0.25) is 0 Å². The maximum absolute atomic E-state index is 10.8. The van der Waals surface area contributed by atoms with Crippen LogP contribution in [0.4, 0.5) is 17.1 Å². The number of halogens is 2. The van der Waals surface area contributed by atoms with E-state index in [-0.39, 0.29) is 16.3 Å². The molecular formula is C13H8BrClN2O4. The van der Waals surface area contributed by atoms with Gasteiger partial charge in [-0.3, -0.25) is 10.1 Å². The van der Waals surface area contributed by atoms with Crippen molar-refractivity contribution < 1.29 is 14.8 Å². The number of carboxylic acids is 1. The minimum atomic E-state index is -1.07. The number of anilines is 2. The maximum atomic E-state index is 10.8. The average Bonchev–Trinajstić information content (AvgIpc) is 2.42. The minimum Gasteiger partial charge on any atom is -0.478 e. The predicted octanol–water partition coefficient (Wildman–Crippen LogP) is 4.45. The Labute approximate surface area is 132 Å². The van der Waals surface area contributed by atoms with E-state index in [1.165, 1.54) is 36.4 Å². The Morgan fingerprint density at radius 1 is 1.24 bits per heavy atom. The molecule has 2 N–H and O–H groups in total. The van der Waals surface area contributed by atoms with E-state index in [4.69, 9.17) is 16.7 Å². The van der Waals surface area contributed by atoms with Crippen molar-refractivity contribution >= 4 is 50.6 Å². The third kappa shape index (κ3) is 3.50. The van der Waals surface area contributed by atoms with E-state index in [0.717, 1.165) is 0 Å². The predicted molar refractivity (Wildman–Crippen MR) is 82.5 cm³/mol. The molecule has 2 aromatic rings. The first-order valence-corrected chi connectivity index (χ1v) is 6.79. The average molecular weight is 372 g/mol. The number of benzene rings is 2. The summed E-state index contributed by atoms with van der Waals surface area (Å²) in [5.74, 6) is -1.07. The van der Waals surface area contributed by atoms with Crippen molar-refractivity contribution in [2.24, 2.45) is 0 Å². The Balaban J connectivity index is 2.30. The fraction of sp³-hybridized carbons (Fsp3) is 0. The van der Waals surface area contributed by atoms with Gasteiger partial charge in [0.15, 0.2) is 0 Å². The Bertz CT molecular complexity index is 675. The van der Waals surface area contributed by atoms with E-state index in [2.05, 4.69) is 21.2 Å². The number of hydrogen-bond acceptors (Lipinski definition) is 4. The van der Waals surface area contributed by atoms with Crippen LogP contribution in [0.25, 0.3) is 0 Å². The summed E-state index contributed by atoms with van der Waals surface area (Å²) in [5.41, 5.74) is 1.11. The van der Waals surface area contributed by atoms with Crippen LogP contribution in [-0.2, 0) is 0 Å². The Morgan fingerprint density at radius 3 is 2.43 bits per heavy atom. The molecule has 8 heteroatoms. The molecule has 0 aliphatic carbocycles. The molecule has 0 aliphatic heterocycles. The van der Waals surface area contributed by atoms with E-state index in [1.807, 2.05) is 0 Å². The molecule has 0 heterocycles. The highest BCUT2D eigenvalue weighted by Gasteiger charge is 2.11. The molecular weight excluding hydrogens is 364 g/mol. The largest absolute Gasteiger partial charge is 0.478 e. The number of hydrogen-bond donors (Lipinski definition) is 2. The second-order valence-electron chi connectivity index (χ2n) is 4.05. The van der Waals surface area contributed by atoms with E-state index < -0.39 is 10.9 Å². The summed E-state index contributed by atoms with van der Waals surface area (Å²) in [6.45, 7) is 0. The summed E-state index contributed by atoms with van der Waals surface area (Å²) in [6, 6.07) is 8.51. The van der Waals surface area contributed by atoms with Gasteiger partial charge in [0, 0.05) is 16.6 Å². The van der Waals surface area contributed by atoms with Crippen molar-refractivity contribution in [3.8, 4) is 0 Å². The van der Waals surface area contributed by atoms with Gasteiger partial charge >= 0.3 is 5.97 Å². The fourth-order valence-electron chi connectivity index (χ4n) is 1.61. The van der Waals surface area contributed by atoms with Crippen molar-refractivity contribution in [1.82, 2.24) is 0 Å². The van der Waals surface area contributed by atoms with Crippen LogP contribution < -0.4 is 5.32 Å². The van der Waals surface area contributed by atoms with Crippen LogP contribution in [0.1, 0.15) is 10.4 Å². The molecule has 0 bridgehead atoms. The summed E-state index contributed by atoms with van der Waals surface area (Å²) in [6.07, 6.45) is 0. The number of non-ortho nitro benzene ring substituents is 1. The summed E-state index contributed by atoms with van der Waals surface area (Å²) in [4.78, 5) is 21.0. The zero-order valence-electron chi connectivity index (χ0n) is 10.3. The number of carboxylic acid groups (broad SMARTS) is 1. The van der Waals surface area contributed by atoms with Crippen molar-refractivity contribution in [3.05, 3.63) is 61.6 Å². The van der Waals surface area contributed by atoms with Gasteiger partial charge in [0.1, 0.15) is 0 Å². The van der Waals surface area contributed by atoms with Crippen molar-refractivity contribution in [2.45, 2.75) is 0 Å². The van der Waals surface area contributed by atoms with Crippen molar-refractivity contribution in [3.63, 3.8) is 0 Å². The maximum Gasteiger partial charge on any atom is 0.335 e. The Kier molecular flexibility index (Phi) is 4.44. The van der Waals surface area contributed by atoms with Crippen LogP contribution in [0.3, 0.4) is 0 Å². The highest BCUT2D eigenvalue weighted by molar-refractivity contribution is 9.10. The van der Waals surface area contributed by atoms with E-state index in [0.29, 0.717) is 15.8 Å². The van der Waals surface area contributed by atoms with E-state index in [1.54, 1.807) is 0 Å². The van der Waals surface area contributed by atoms with Gasteiger partial charge < -0.3 is 10.4 Å². The molecule has 6 nitrogen and oxygen atoms in total. The van der Waals surface area contributed by atoms with Crippen molar-refractivity contribution in [2.75, 3.05) is 5.32 Å². The summed E-state index contributed by atoms with van der Waals surface area (Å²) in [7, 11) is 0. The van der Waals surface area contributed by atoms with Crippen molar-refractivity contribution in [1.29, 1.82) is 0 Å². The van der Waals surface area contributed by atoms with E-state index >= 15 is 0 Å². The molecule has 0 saturated heterocycles.